The van der Waals surface area contributed by atoms with Gasteiger partial charge < -0.3 is 5.32 Å². The van der Waals surface area contributed by atoms with Crippen LogP contribution in [0.15, 0.2) is 23.6 Å². The van der Waals surface area contributed by atoms with E-state index in [-0.39, 0.29) is 0 Å². The van der Waals surface area contributed by atoms with Crippen LogP contribution in [0.2, 0.25) is 10.0 Å². The van der Waals surface area contributed by atoms with Crippen molar-refractivity contribution >= 4 is 34.5 Å². The van der Waals surface area contributed by atoms with E-state index in [0.29, 0.717) is 16.5 Å². The fourth-order valence-electron chi connectivity index (χ4n) is 1.62. The number of benzene rings is 1. The second kappa shape index (κ2) is 6.53. The Morgan fingerprint density at radius 2 is 2.00 bits per heavy atom. The van der Waals surface area contributed by atoms with Crippen LogP contribution in [0.4, 0.5) is 0 Å². The van der Waals surface area contributed by atoms with Crippen molar-refractivity contribution in [2.45, 2.75) is 19.9 Å². The predicted octanol–water partition coefficient (Wildman–Crippen LogP) is 4.15. The maximum atomic E-state index is 6.15. The molecule has 0 amide bonds. The number of halogens is 2. The van der Waals surface area contributed by atoms with E-state index in [0.717, 1.165) is 29.4 Å². The van der Waals surface area contributed by atoms with Crippen molar-refractivity contribution < 1.29 is 0 Å². The van der Waals surface area contributed by atoms with Gasteiger partial charge in [0, 0.05) is 28.4 Å². The van der Waals surface area contributed by atoms with Crippen LogP contribution in [0.5, 0.6) is 0 Å². The van der Waals surface area contributed by atoms with Crippen LogP contribution in [0.25, 0.3) is 0 Å². The third-order valence-electron chi connectivity index (χ3n) is 2.55. The average molecular weight is 301 g/mol. The molecule has 1 heterocycles. The molecule has 1 aromatic heterocycles. The predicted molar refractivity (Wildman–Crippen MR) is 78.8 cm³/mol. The molecule has 0 aliphatic carbocycles. The van der Waals surface area contributed by atoms with E-state index >= 15 is 0 Å². The third kappa shape index (κ3) is 3.45. The molecule has 0 spiro atoms. The van der Waals surface area contributed by atoms with Gasteiger partial charge in [0.15, 0.2) is 0 Å². The van der Waals surface area contributed by atoms with Crippen molar-refractivity contribution in [1.29, 1.82) is 0 Å². The summed E-state index contributed by atoms with van der Waals surface area (Å²) in [7, 11) is 0. The lowest BCUT2D eigenvalue weighted by Crippen LogP contribution is -2.11. The van der Waals surface area contributed by atoms with E-state index in [9.17, 15) is 0 Å². The topological polar surface area (TPSA) is 24.9 Å². The van der Waals surface area contributed by atoms with E-state index in [1.807, 2.05) is 18.2 Å². The van der Waals surface area contributed by atoms with E-state index in [2.05, 4.69) is 22.6 Å². The van der Waals surface area contributed by atoms with Crippen LogP contribution in [0, 0.1) is 0 Å². The molecule has 0 aliphatic rings. The number of aromatic nitrogens is 1. The molecular weight excluding hydrogens is 287 g/mol. The third-order valence-corrected chi connectivity index (χ3v) is 4.15. The Hall–Kier alpha value is -0.610. The molecule has 0 saturated heterocycles. The summed E-state index contributed by atoms with van der Waals surface area (Å²) in [6.07, 6.45) is 0.690. The normalized spacial score (nSPS) is 10.8. The van der Waals surface area contributed by atoms with Crippen LogP contribution in [0.3, 0.4) is 0 Å². The van der Waals surface area contributed by atoms with Crippen LogP contribution in [-0.4, -0.2) is 11.5 Å². The molecule has 2 nitrogen and oxygen atoms in total. The summed E-state index contributed by atoms with van der Waals surface area (Å²) in [5, 5.41) is 7.77. The van der Waals surface area contributed by atoms with E-state index in [4.69, 9.17) is 23.2 Å². The second-order valence-corrected chi connectivity index (χ2v) is 5.65. The molecule has 1 N–H and O–H groups in total. The largest absolute Gasteiger partial charge is 0.311 e. The van der Waals surface area contributed by atoms with Gasteiger partial charge in [-0.15, -0.1) is 11.3 Å². The number of nitrogens with one attached hydrogen (secondary N) is 1. The van der Waals surface area contributed by atoms with Gasteiger partial charge in [0.05, 0.1) is 10.7 Å². The minimum atomic E-state index is 0.690. The number of thiazole rings is 1. The van der Waals surface area contributed by atoms with Gasteiger partial charge in [-0.05, 0) is 24.2 Å². The first kappa shape index (κ1) is 13.8. The van der Waals surface area contributed by atoms with Crippen molar-refractivity contribution in [3.05, 3.63) is 49.9 Å². The van der Waals surface area contributed by atoms with Crippen LogP contribution in [-0.2, 0) is 13.0 Å². The number of rotatable bonds is 5. The standard InChI is InChI=1S/C13H14Cl2N2S/c1-2-16-7-9-8-18-13(17-9)6-10-11(14)4-3-5-12(10)15/h3-5,8,16H,2,6-7H2,1H3. The van der Waals surface area contributed by atoms with Crippen molar-refractivity contribution in [2.24, 2.45) is 0 Å². The minimum absolute atomic E-state index is 0.690. The highest BCUT2D eigenvalue weighted by atomic mass is 35.5. The van der Waals surface area contributed by atoms with Crippen LogP contribution < -0.4 is 5.32 Å². The summed E-state index contributed by atoms with van der Waals surface area (Å²) in [6, 6.07) is 5.57. The molecule has 1 aromatic carbocycles. The van der Waals surface area contributed by atoms with Gasteiger partial charge in [0.2, 0.25) is 0 Å². The zero-order valence-corrected chi connectivity index (χ0v) is 12.4. The van der Waals surface area contributed by atoms with Gasteiger partial charge in [-0.2, -0.15) is 0 Å². The number of hydrogen-bond donors (Lipinski definition) is 1. The Morgan fingerprint density at radius 1 is 1.28 bits per heavy atom. The molecule has 2 aromatic rings. The monoisotopic (exact) mass is 300 g/mol. The summed E-state index contributed by atoms with van der Waals surface area (Å²) in [4.78, 5) is 4.56. The Morgan fingerprint density at radius 3 is 2.67 bits per heavy atom. The molecule has 0 unspecified atom stereocenters. The lowest BCUT2D eigenvalue weighted by atomic mass is 10.1. The zero-order valence-electron chi connectivity index (χ0n) is 10.0. The molecular formula is C13H14Cl2N2S. The van der Waals surface area contributed by atoms with Crippen molar-refractivity contribution in [2.75, 3.05) is 6.54 Å². The molecule has 0 fully saturated rings. The van der Waals surface area contributed by atoms with Gasteiger partial charge in [0.25, 0.3) is 0 Å². The number of nitrogens with zero attached hydrogens (tertiary/aromatic N) is 1. The second-order valence-electron chi connectivity index (χ2n) is 3.89. The Labute approximate surface area is 121 Å². The molecule has 2 rings (SSSR count). The molecule has 0 atom stereocenters. The highest BCUT2D eigenvalue weighted by molar-refractivity contribution is 7.09. The minimum Gasteiger partial charge on any atom is -0.311 e. The smallest absolute Gasteiger partial charge is 0.0973 e. The Balaban J connectivity index is 2.11. The Kier molecular flexibility index (Phi) is 5.01. The Bertz CT molecular complexity index is 505. The summed E-state index contributed by atoms with van der Waals surface area (Å²) < 4.78 is 0. The molecule has 0 bridgehead atoms. The molecule has 18 heavy (non-hydrogen) atoms. The van der Waals surface area contributed by atoms with Gasteiger partial charge in [-0.25, -0.2) is 4.98 Å². The lowest BCUT2D eigenvalue weighted by Gasteiger charge is -2.04. The highest BCUT2D eigenvalue weighted by Crippen LogP contribution is 2.27. The molecule has 0 aliphatic heterocycles. The maximum absolute atomic E-state index is 6.15. The first-order valence-corrected chi connectivity index (χ1v) is 7.41. The first-order valence-electron chi connectivity index (χ1n) is 5.77. The highest BCUT2D eigenvalue weighted by Gasteiger charge is 2.09. The van der Waals surface area contributed by atoms with E-state index < -0.39 is 0 Å². The molecule has 0 saturated carbocycles. The summed E-state index contributed by atoms with van der Waals surface area (Å²) >= 11 is 13.9. The van der Waals surface area contributed by atoms with E-state index in [1.165, 1.54) is 0 Å². The molecule has 96 valence electrons. The van der Waals surface area contributed by atoms with Gasteiger partial charge in [-0.3, -0.25) is 0 Å². The van der Waals surface area contributed by atoms with Crippen molar-refractivity contribution in [3.8, 4) is 0 Å². The van der Waals surface area contributed by atoms with Crippen molar-refractivity contribution in [3.63, 3.8) is 0 Å². The van der Waals surface area contributed by atoms with Crippen LogP contribution in [0.1, 0.15) is 23.2 Å². The van der Waals surface area contributed by atoms with Gasteiger partial charge in [0.1, 0.15) is 0 Å². The fraction of sp³-hybridized carbons (Fsp3) is 0.308. The summed E-state index contributed by atoms with van der Waals surface area (Å²) in [6.45, 7) is 3.84. The molecule has 0 radical (unpaired) electrons. The maximum Gasteiger partial charge on any atom is 0.0973 e. The lowest BCUT2D eigenvalue weighted by molar-refractivity contribution is 0.712. The number of hydrogen-bond acceptors (Lipinski definition) is 3. The first-order chi connectivity index (χ1) is 8.70. The van der Waals surface area contributed by atoms with Crippen LogP contribution >= 0.6 is 34.5 Å². The fourth-order valence-corrected chi connectivity index (χ4v) is 2.95. The quantitative estimate of drug-likeness (QED) is 0.897. The summed E-state index contributed by atoms with van der Waals surface area (Å²) in [5.74, 6) is 0. The molecule has 5 heteroatoms. The zero-order chi connectivity index (χ0) is 13.0. The van der Waals surface area contributed by atoms with Gasteiger partial charge >= 0.3 is 0 Å². The average Bonchev–Trinajstić information content (AvgIpc) is 2.79. The van der Waals surface area contributed by atoms with E-state index in [1.54, 1.807) is 11.3 Å². The summed E-state index contributed by atoms with van der Waals surface area (Å²) in [5.41, 5.74) is 2.02. The SMILES string of the molecule is CCNCc1csc(Cc2c(Cl)cccc2Cl)n1. The van der Waals surface area contributed by atoms with Gasteiger partial charge in [-0.1, -0.05) is 36.2 Å². The van der Waals surface area contributed by atoms with Crippen molar-refractivity contribution in [1.82, 2.24) is 10.3 Å².